The van der Waals surface area contributed by atoms with Gasteiger partial charge in [-0.3, -0.25) is 4.79 Å². The molecule has 14 heavy (non-hydrogen) atoms. The van der Waals surface area contributed by atoms with Crippen molar-refractivity contribution in [2.75, 3.05) is 0 Å². The predicted octanol–water partition coefficient (Wildman–Crippen LogP) is 2.85. The van der Waals surface area contributed by atoms with Crippen molar-refractivity contribution in [2.24, 2.45) is 0 Å². The van der Waals surface area contributed by atoms with Crippen molar-refractivity contribution < 1.29 is 9.90 Å². The van der Waals surface area contributed by atoms with Crippen molar-refractivity contribution in [3.05, 3.63) is 27.2 Å². The highest BCUT2D eigenvalue weighted by atomic mass is 79.9. The summed E-state index contributed by atoms with van der Waals surface area (Å²) in [6.07, 6.45) is 4.95. The van der Waals surface area contributed by atoms with Gasteiger partial charge < -0.3 is 5.11 Å². The van der Waals surface area contributed by atoms with Crippen LogP contribution in [0.2, 0.25) is 0 Å². The number of halogens is 1. The smallest absolute Gasteiger partial charge is 0.154 e. The molecule has 0 aromatic heterocycles. The van der Waals surface area contributed by atoms with Crippen molar-refractivity contribution in [3.8, 4) is 5.75 Å². The molecule has 0 saturated heterocycles. The minimum atomic E-state index is 0.0839. The van der Waals surface area contributed by atoms with Gasteiger partial charge in [-0.15, -0.1) is 0 Å². The van der Waals surface area contributed by atoms with Crippen LogP contribution in [0.5, 0.6) is 5.75 Å². The fraction of sp³-hybridized carbons (Fsp3) is 0.364. The number of aromatic hydroxyl groups is 1. The van der Waals surface area contributed by atoms with Crippen LogP contribution in [0.25, 0.3) is 0 Å². The number of phenolic OH excluding ortho intramolecular Hbond substituents is 1. The van der Waals surface area contributed by atoms with Gasteiger partial charge in [0, 0.05) is 0 Å². The molecule has 0 saturated carbocycles. The molecule has 0 aliphatic heterocycles. The summed E-state index contributed by atoms with van der Waals surface area (Å²) in [5, 5.41) is 9.68. The Hall–Kier alpha value is -0.830. The number of rotatable bonds is 1. The monoisotopic (exact) mass is 254 g/mol. The normalized spacial score (nSPS) is 14.9. The van der Waals surface area contributed by atoms with Gasteiger partial charge in [0.15, 0.2) is 6.29 Å². The van der Waals surface area contributed by atoms with Crippen LogP contribution in [0.3, 0.4) is 0 Å². The quantitative estimate of drug-likeness (QED) is 0.783. The molecule has 74 valence electrons. The number of phenols is 1. The SMILES string of the molecule is O=Cc1c(O)c(Br)cc2c1CCCC2. The molecule has 0 atom stereocenters. The Labute approximate surface area is 91.1 Å². The van der Waals surface area contributed by atoms with E-state index in [0.29, 0.717) is 10.0 Å². The first-order valence-corrected chi connectivity index (χ1v) is 5.51. The standard InChI is InChI=1S/C11H11BrO2/c12-10-5-7-3-1-2-4-8(7)9(6-13)11(10)14/h5-6,14H,1-4H2. The molecular formula is C11H11BrO2. The van der Waals surface area contributed by atoms with Crippen molar-refractivity contribution in [1.29, 1.82) is 0 Å². The second-order valence-electron chi connectivity index (χ2n) is 3.58. The first-order valence-electron chi connectivity index (χ1n) is 4.72. The number of aldehydes is 1. The fourth-order valence-electron chi connectivity index (χ4n) is 2.02. The van der Waals surface area contributed by atoms with Crippen LogP contribution in [0.4, 0.5) is 0 Å². The van der Waals surface area contributed by atoms with E-state index >= 15 is 0 Å². The Bertz CT molecular complexity index is 385. The number of hydrogen-bond acceptors (Lipinski definition) is 2. The van der Waals surface area contributed by atoms with Gasteiger partial charge in [-0.05, 0) is 58.8 Å². The lowest BCUT2D eigenvalue weighted by atomic mass is 9.88. The number of fused-ring (bicyclic) bond motifs is 1. The predicted molar refractivity (Wildman–Crippen MR) is 57.8 cm³/mol. The van der Waals surface area contributed by atoms with Crippen molar-refractivity contribution in [1.82, 2.24) is 0 Å². The Morgan fingerprint density at radius 1 is 1.36 bits per heavy atom. The number of benzene rings is 1. The Morgan fingerprint density at radius 3 is 2.79 bits per heavy atom. The van der Waals surface area contributed by atoms with E-state index in [1.165, 1.54) is 12.0 Å². The summed E-state index contributed by atoms with van der Waals surface area (Å²) in [4.78, 5) is 10.9. The Morgan fingerprint density at radius 2 is 2.07 bits per heavy atom. The molecule has 1 aliphatic carbocycles. The van der Waals surface area contributed by atoms with Crippen LogP contribution < -0.4 is 0 Å². The van der Waals surface area contributed by atoms with Gasteiger partial charge in [0.2, 0.25) is 0 Å². The molecule has 0 bridgehead atoms. The van der Waals surface area contributed by atoms with E-state index in [4.69, 9.17) is 0 Å². The molecule has 1 aromatic carbocycles. The van der Waals surface area contributed by atoms with E-state index in [2.05, 4.69) is 15.9 Å². The van der Waals surface area contributed by atoms with Crippen LogP contribution in [0.1, 0.15) is 34.3 Å². The summed E-state index contributed by atoms with van der Waals surface area (Å²) in [6, 6.07) is 1.93. The third kappa shape index (κ3) is 1.46. The van der Waals surface area contributed by atoms with Gasteiger partial charge in [0.25, 0.3) is 0 Å². The second-order valence-corrected chi connectivity index (χ2v) is 4.44. The molecule has 0 heterocycles. The van der Waals surface area contributed by atoms with E-state index in [-0.39, 0.29) is 5.75 Å². The maximum Gasteiger partial charge on any atom is 0.154 e. The summed E-state index contributed by atoms with van der Waals surface area (Å²) in [5.41, 5.74) is 2.70. The number of carbonyl (C=O) groups excluding carboxylic acids is 1. The summed E-state index contributed by atoms with van der Waals surface area (Å²) < 4.78 is 0.625. The molecule has 0 fully saturated rings. The second kappa shape index (κ2) is 3.73. The van der Waals surface area contributed by atoms with Gasteiger partial charge in [0.05, 0.1) is 10.0 Å². The summed E-state index contributed by atoms with van der Waals surface area (Å²) in [5.74, 6) is 0.0839. The highest BCUT2D eigenvalue weighted by molar-refractivity contribution is 9.10. The minimum absolute atomic E-state index is 0.0839. The maximum absolute atomic E-state index is 10.9. The molecular weight excluding hydrogens is 244 g/mol. The summed E-state index contributed by atoms with van der Waals surface area (Å²) in [7, 11) is 0. The van der Waals surface area contributed by atoms with E-state index < -0.39 is 0 Å². The molecule has 0 spiro atoms. The first-order chi connectivity index (χ1) is 6.74. The number of aryl methyl sites for hydroxylation is 1. The molecule has 3 heteroatoms. The molecule has 1 aromatic rings. The van der Waals surface area contributed by atoms with Crippen molar-refractivity contribution in [3.63, 3.8) is 0 Å². The van der Waals surface area contributed by atoms with Crippen LogP contribution in [0.15, 0.2) is 10.5 Å². The molecule has 0 unspecified atom stereocenters. The highest BCUT2D eigenvalue weighted by Crippen LogP contribution is 2.35. The largest absolute Gasteiger partial charge is 0.506 e. The lowest BCUT2D eigenvalue weighted by molar-refractivity contribution is 0.111. The topological polar surface area (TPSA) is 37.3 Å². The zero-order valence-electron chi connectivity index (χ0n) is 7.72. The molecule has 2 nitrogen and oxygen atoms in total. The van der Waals surface area contributed by atoms with Crippen molar-refractivity contribution in [2.45, 2.75) is 25.7 Å². The van der Waals surface area contributed by atoms with E-state index in [0.717, 1.165) is 31.1 Å². The van der Waals surface area contributed by atoms with Crippen LogP contribution in [-0.2, 0) is 12.8 Å². The first kappa shape index (κ1) is 9.71. The third-order valence-electron chi connectivity index (χ3n) is 2.74. The molecule has 0 radical (unpaired) electrons. The average Bonchev–Trinajstić information content (AvgIpc) is 2.20. The maximum atomic E-state index is 10.9. The highest BCUT2D eigenvalue weighted by Gasteiger charge is 2.18. The summed E-state index contributed by atoms with van der Waals surface area (Å²) >= 11 is 3.26. The van der Waals surface area contributed by atoms with Gasteiger partial charge in [-0.1, -0.05) is 0 Å². The van der Waals surface area contributed by atoms with Crippen molar-refractivity contribution >= 4 is 22.2 Å². The van der Waals surface area contributed by atoms with Gasteiger partial charge in [-0.25, -0.2) is 0 Å². The van der Waals surface area contributed by atoms with Gasteiger partial charge in [0.1, 0.15) is 5.75 Å². The zero-order chi connectivity index (χ0) is 10.1. The van der Waals surface area contributed by atoms with Crippen LogP contribution in [-0.4, -0.2) is 11.4 Å². The minimum Gasteiger partial charge on any atom is -0.506 e. The zero-order valence-corrected chi connectivity index (χ0v) is 9.30. The number of hydrogen-bond donors (Lipinski definition) is 1. The molecule has 1 N–H and O–H groups in total. The fourth-order valence-corrected chi connectivity index (χ4v) is 2.51. The van der Waals surface area contributed by atoms with Gasteiger partial charge in [-0.2, -0.15) is 0 Å². The number of carbonyl (C=O) groups is 1. The molecule has 0 amide bonds. The summed E-state index contributed by atoms with van der Waals surface area (Å²) in [6.45, 7) is 0. The Kier molecular flexibility index (Phi) is 2.59. The molecule has 2 rings (SSSR count). The molecule has 1 aliphatic rings. The lowest BCUT2D eigenvalue weighted by Crippen LogP contribution is -2.06. The van der Waals surface area contributed by atoms with Crippen LogP contribution in [0, 0.1) is 0 Å². The lowest BCUT2D eigenvalue weighted by Gasteiger charge is -2.18. The van der Waals surface area contributed by atoms with Gasteiger partial charge >= 0.3 is 0 Å². The van der Waals surface area contributed by atoms with E-state index in [1.807, 2.05) is 6.07 Å². The third-order valence-corrected chi connectivity index (χ3v) is 3.34. The Balaban J connectivity index is 2.65. The van der Waals surface area contributed by atoms with E-state index in [9.17, 15) is 9.90 Å². The average molecular weight is 255 g/mol. The van der Waals surface area contributed by atoms with E-state index in [1.54, 1.807) is 0 Å². The van der Waals surface area contributed by atoms with Crippen LogP contribution >= 0.6 is 15.9 Å².